The number of aryl methyl sites for hydroxylation is 2. The lowest BCUT2D eigenvalue weighted by atomic mass is 9.54. The molecule has 2 fully saturated rings. The molecule has 3 aliphatic rings. The van der Waals surface area contributed by atoms with Crippen LogP contribution in [-0.4, -0.2) is 21.8 Å². The number of thiazole rings is 1. The third-order valence-electron chi connectivity index (χ3n) is 8.17. The quantitative estimate of drug-likeness (QED) is 0.685. The van der Waals surface area contributed by atoms with E-state index in [9.17, 15) is 14.7 Å². The average Bonchev–Trinajstić information content (AvgIpc) is 3.26. The van der Waals surface area contributed by atoms with Crippen molar-refractivity contribution in [3.8, 4) is 5.75 Å². The molecule has 1 heterocycles. The number of rotatable bonds is 4. The minimum Gasteiger partial charge on any atom is -0.508 e. The first-order valence-corrected chi connectivity index (χ1v) is 12.2. The molecule has 6 heteroatoms. The molecule has 2 aromatic rings. The normalized spacial score (nSPS) is 31.6. The lowest BCUT2D eigenvalue weighted by Crippen LogP contribution is -2.44. The number of hydrogen-bond donors (Lipinski definition) is 2. The molecule has 0 saturated heterocycles. The van der Waals surface area contributed by atoms with Crippen LogP contribution in [0.2, 0.25) is 0 Å². The Morgan fingerprint density at radius 3 is 2.97 bits per heavy atom. The molecule has 0 spiro atoms. The highest BCUT2D eigenvalue weighted by atomic mass is 32.1. The van der Waals surface area contributed by atoms with Gasteiger partial charge in [-0.1, -0.05) is 13.0 Å². The second-order valence-electron chi connectivity index (χ2n) is 9.92. The average molecular weight is 439 g/mol. The fourth-order valence-electron chi connectivity index (χ4n) is 6.79. The summed E-state index contributed by atoms with van der Waals surface area (Å²) in [5.41, 5.74) is 2.37. The second kappa shape index (κ2) is 7.73. The number of ketones is 1. The Morgan fingerprint density at radius 2 is 2.19 bits per heavy atom. The number of nitrogens with one attached hydrogen (secondary N) is 1. The molecule has 0 bridgehead atoms. The monoisotopic (exact) mass is 438 g/mol. The summed E-state index contributed by atoms with van der Waals surface area (Å²) in [6.07, 6.45) is 7.56. The molecule has 5 nitrogen and oxygen atoms in total. The van der Waals surface area contributed by atoms with E-state index in [1.165, 1.54) is 22.5 Å². The van der Waals surface area contributed by atoms with Crippen molar-refractivity contribution >= 4 is 28.2 Å². The lowest BCUT2D eigenvalue weighted by Gasteiger charge is -2.50. The maximum absolute atomic E-state index is 13.1. The van der Waals surface area contributed by atoms with E-state index in [1.54, 1.807) is 12.3 Å². The summed E-state index contributed by atoms with van der Waals surface area (Å²) >= 11 is 1.48. The number of benzene rings is 1. The Bertz CT molecular complexity index is 1030. The third-order valence-corrected chi connectivity index (χ3v) is 8.99. The fourth-order valence-corrected chi connectivity index (χ4v) is 7.47. The number of aromatic nitrogens is 1. The molecule has 1 aromatic carbocycles. The number of fused-ring (bicyclic) bond motifs is 5. The standard InChI is InChI=1S/C25H30N2O3S/c1-14-13-26-24(31-14)27-22(30)8-5-16-11-21(29)25(2)10-9-18-19(23(16)25)7-4-15-3-6-17(28)12-20(15)18/h3,6,12-13,16,18-19,23,28H,4-5,7-11H2,1-2H3,(H,26,27,30)/t16-,18?,19?,23?,25-/m1/s1. The van der Waals surface area contributed by atoms with Gasteiger partial charge in [-0.05, 0) is 86.0 Å². The van der Waals surface area contributed by atoms with E-state index in [4.69, 9.17) is 0 Å². The first-order chi connectivity index (χ1) is 14.8. The van der Waals surface area contributed by atoms with Crippen molar-refractivity contribution in [1.29, 1.82) is 0 Å². The van der Waals surface area contributed by atoms with E-state index in [0.29, 0.717) is 47.3 Å². The predicted octanol–water partition coefficient (Wildman–Crippen LogP) is 5.23. The van der Waals surface area contributed by atoms with Gasteiger partial charge >= 0.3 is 0 Å². The van der Waals surface area contributed by atoms with Crippen LogP contribution in [0.4, 0.5) is 5.13 Å². The summed E-state index contributed by atoms with van der Waals surface area (Å²) in [6, 6.07) is 5.80. The van der Waals surface area contributed by atoms with Crippen LogP contribution in [0.3, 0.4) is 0 Å². The number of phenolic OH excluding ortho intramolecular Hbond substituents is 1. The second-order valence-corrected chi connectivity index (χ2v) is 11.2. The summed E-state index contributed by atoms with van der Waals surface area (Å²) in [4.78, 5) is 30.9. The zero-order valence-corrected chi connectivity index (χ0v) is 19.0. The first kappa shape index (κ1) is 20.7. The van der Waals surface area contributed by atoms with Crippen LogP contribution in [0.1, 0.15) is 67.4 Å². The molecular weight excluding hydrogens is 408 g/mol. The molecule has 5 atom stereocenters. The number of amides is 1. The van der Waals surface area contributed by atoms with Gasteiger partial charge in [0.05, 0.1) is 0 Å². The Labute approximate surface area is 187 Å². The number of Topliss-reactive ketones (excluding diaryl/α,β-unsaturated/α-hetero) is 1. The highest BCUT2D eigenvalue weighted by Crippen LogP contribution is 2.62. The molecule has 1 amide bonds. The van der Waals surface area contributed by atoms with Gasteiger partial charge in [0.15, 0.2) is 5.13 Å². The SMILES string of the molecule is Cc1cnc(NC(=O)CC[C@@H]2CC(=O)[C@@]3(C)CCC4c5cc(O)ccc5CCC4C23)s1. The molecule has 164 valence electrons. The summed E-state index contributed by atoms with van der Waals surface area (Å²) in [5.74, 6) is 2.15. The number of anilines is 1. The van der Waals surface area contributed by atoms with E-state index in [-0.39, 0.29) is 17.2 Å². The smallest absolute Gasteiger partial charge is 0.226 e. The van der Waals surface area contributed by atoms with Crippen molar-refractivity contribution in [2.45, 2.75) is 64.7 Å². The Hall–Kier alpha value is -2.21. The maximum atomic E-state index is 13.1. The van der Waals surface area contributed by atoms with Crippen LogP contribution in [0.25, 0.3) is 0 Å². The van der Waals surface area contributed by atoms with Gasteiger partial charge in [-0.2, -0.15) is 0 Å². The van der Waals surface area contributed by atoms with E-state index >= 15 is 0 Å². The molecule has 2 N–H and O–H groups in total. The highest BCUT2D eigenvalue weighted by molar-refractivity contribution is 7.15. The van der Waals surface area contributed by atoms with E-state index < -0.39 is 0 Å². The molecule has 5 rings (SSSR count). The van der Waals surface area contributed by atoms with Crippen molar-refractivity contribution in [2.24, 2.45) is 23.2 Å². The van der Waals surface area contributed by atoms with Crippen molar-refractivity contribution < 1.29 is 14.7 Å². The van der Waals surface area contributed by atoms with Gasteiger partial charge in [-0.3, -0.25) is 9.59 Å². The number of aromatic hydroxyl groups is 1. The Kier molecular flexibility index (Phi) is 5.16. The molecule has 31 heavy (non-hydrogen) atoms. The minimum absolute atomic E-state index is 0.0123. The van der Waals surface area contributed by atoms with Gasteiger partial charge in [0.25, 0.3) is 0 Å². The molecule has 0 aliphatic heterocycles. The summed E-state index contributed by atoms with van der Waals surface area (Å²) in [7, 11) is 0. The first-order valence-electron chi connectivity index (χ1n) is 11.4. The maximum Gasteiger partial charge on any atom is 0.226 e. The van der Waals surface area contributed by atoms with E-state index in [1.807, 2.05) is 13.0 Å². The van der Waals surface area contributed by atoms with Crippen molar-refractivity contribution in [2.75, 3.05) is 5.32 Å². The van der Waals surface area contributed by atoms with Crippen LogP contribution >= 0.6 is 11.3 Å². The zero-order valence-electron chi connectivity index (χ0n) is 18.2. The van der Waals surface area contributed by atoms with Gasteiger partial charge in [-0.25, -0.2) is 4.98 Å². The van der Waals surface area contributed by atoms with E-state index in [0.717, 1.165) is 37.0 Å². The number of nitrogens with zero attached hydrogens (tertiary/aromatic N) is 1. The van der Waals surface area contributed by atoms with E-state index in [2.05, 4.69) is 23.3 Å². The van der Waals surface area contributed by atoms with Crippen LogP contribution in [0, 0.1) is 30.1 Å². The molecule has 3 aliphatic carbocycles. The zero-order chi connectivity index (χ0) is 21.8. The third kappa shape index (κ3) is 3.59. The predicted molar refractivity (Wildman–Crippen MR) is 121 cm³/mol. The molecular formula is C25H30N2O3S. The number of carbonyl (C=O) groups is 2. The summed E-state index contributed by atoms with van der Waals surface area (Å²) in [6.45, 7) is 4.15. The van der Waals surface area contributed by atoms with Crippen molar-refractivity contribution in [1.82, 2.24) is 4.98 Å². The van der Waals surface area contributed by atoms with Gasteiger partial charge in [0.1, 0.15) is 11.5 Å². The highest BCUT2D eigenvalue weighted by Gasteiger charge is 2.58. The summed E-state index contributed by atoms with van der Waals surface area (Å²) in [5, 5.41) is 13.6. The Morgan fingerprint density at radius 1 is 1.35 bits per heavy atom. The molecule has 1 aromatic heterocycles. The molecule has 2 saturated carbocycles. The molecule has 0 radical (unpaired) electrons. The van der Waals surface area contributed by atoms with Crippen molar-refractivity contribution in [3.05, 3.63) is 40.4 Å². The van der Waals surface area contributed by atoms with Gasteiger partial charge in [-0.15, -0.1) is 11.3 Å². The van der Waals surface area contributed by atoms with Crippen LogP contribution in [-0.2, 0) is 16.0 Å². The van der Waals surface area contributed by atoms with Gasteiger partial charge in [0, 0.05) is 29.3 Å². The Balaban J connectivity index is 1.34. The van der Waals surface area contributed by atoms with Crippen LogP contribution in [0.5, 0.6) is 5.75 Å². The lowest BCUT2D eigenvalue weighted by molar-refractivity contribution is -0.129. The minimum atomic E-state index is -0.261. The number of phenols is 1. The largest absolute Gasteiger partial charge is 0.508 e. The summed E-state index contributed by atoms with van der Waals surface area (Å²) < 4.78 is 0. The van der Waals surface area contributed by atoms with Crippen LogP contribution in [0.15, 0.2) is 24.4 Å². The number of hydrogen-bond acceptors (Lipinski definition) is 5. The molecule has 3 unspecified atom stereocenters. The van der Waals surface area contributed by atoms with Gasteiger partial charge < -0.3 is 10.4 Å². The topological polar surface area (TPSA) is 79.3 Å². The van der Waals surface area contributed by atoms with Crippen LogP contribution < -0.4 is 5.32 Å². The fraction of sp³-hybridized carbons (Fsp3) is 0.560. The number of carbonyl (C=O) groups excluding carboxylic acids is 2. The van der Waals surface area contributed by atoms with Gasteiger partial charge in [0.2, 0.25) is 5.91 Å². The van der Waals surface area contributed by atoms with Crippen molar-refractivity contribution in [3.63, 3.8) is 0 Å².